The molecule has 0 aliphatic rings. The molecule has 7 heteroatoms. The van der Waals surface area contributed by atoms with Crippen LogP contribution in [-0.2, 0) is 4.79 Å². The second-order valence-corrected chi connectivity index (χ2v) is 3.81. The molecule has 0 heterocycles. The molecule has 104 valence electrons. The van der Waals surface area contributed by atoms with Crippen molar-refractivity contribution in [1.82, 2.24) is 0 Å². The highest BCUT2D eigenvalue weighted by Crippen LogP contribution is 2.29. The van der Waals surface area contributed by atoms with E-state index in [9.17, 15) is 14.9 Å². The minimum atomic E-state index is -1.05. The molecule has 0 aliphatic heterocycles. The van der Waals surface area contributed by atoms with Crippen molar-refractivity contribution in [3.05, 3.63) is 28.3 Å². The lowest BCUT2D eigenvalue weighted by Gasteiger charge is -2.14. The summed E-state index contributed by atoms with van der Waals surface area (Å²) in [6, 6.07) is 3.43. The zero-order valence-corrected chi connectivity index (χ0v) is 10.8. The first-order chi connectivity index (χ1) is 8.99. The summed E-state index contributed by atoms with van der Waals surface area (Å²) in [5.41, 5.74) is -0.0339. The van der Waals surface area contributed by atoms with Gasteiger partial charge in [0, 0.05) is 0 Å². The number of carboxylic acids is 1. The van der Waals surface area contributed by atoms with E-state index in [0.717, 1.165) is 0 Å². The van der Waals surface area contributed by atoms with E-state index in [1.165, 1.54) is 12.1 Å². The minimum Gasteiger partial charge on any atom is -0.494 e. The molecule has 0 aromatic heterocycles. The zero-order valence-electron chi connectivity index (χ0n) is 10.8. The van der Waals surface area contributed by atoms with Crippen molar-refractivity contribution in [2.75, 3.05) is 11.9 Å². The number of benzene rings is 1. The topological polar surface area (TPSA) is 102 Å². The molecule has 2 N–H and O–H groups in total. The number of nitro benzene ring substituents is 1. The minimum absolute atomic E-state index is 0.169. The molecule has 0 fully saturated rings. The van der Waals surface area contributed by atoms with Gasteiger partial charge in [0.2, 0.25) is 0 Å². The van der Waals surface area contributed by atoms with Crippen molar-refractivity contribution < 1.29 is 19.6 Å². The van der Waals surface area contributed by atoms with E-state index in [1.54, 1.807) is 19.9 Å². The molecule has 0 aliphatic carbocycles. The predicted octanol–water partition coefficient (Wildman–Crippen LogP) is 2.27. The Labute approximate surface area is 110 Å². The van der Waals surface area contributed by atoms with Crippen LogP contribution in [-0.4, -0.2) is 28.6 Å². The van der Waals surface area contributed by atoms with Gasteiger partial charge in [0.25, 0.3) is 5.69 Å². The van der Waals surface area contributed by atoms with E-state index in [0.29, 0.717) is 18.8 Å². The maximum Gasteiger partial charge on any atom is 0.326 e. The van der Waals surface area contributed by atoms with Crippen LogP contribution in [0.4, 0.5) is 11.4 Å². The number of nitro groups is 1. The summed E-state index contributed by atoms with van der Waals surface area (Å²) in [7, 11) is 0. The molecule has 1 aromatic rings. The normalized spacial score (nSPS) is 11.7. The predicted molar refractivity (Wildman–Crippen MR) is 69.6 cm³/mol. The third kappa shape index (κ3) is 3.84. The smallest absolute Gasteiger partial charge is 0.326 e. The Hall–Kier alpha value is -2.31. The van der Waals surface area contributed by atoms with Crippen LogP contribution < -0.4 is 10.1 Å². The molecule has 19 heavy (non-hydrogen) atoms. The van der Waals surface area contributed by atoms with Crippen molar-refractivity contribution in [3.8, 4) is 5.75 Å². The van der Waals surface area contributed by atoms with Crippen molar-refractivity contribution in [3.63, 3.8) is 0 Å². The highest BCUT2D eigenvalue weighted by molar-refractivity contribution is 5.79. The summed E-state index contributed by atoms with van der Waals surface area (Å²) < 4.78 is 5.18. The Bertz CT molecular complexity index is 475. The molecule has 0 bridgehead atoms. The van der Waals surface area contributed by atoms with Gasteiger partial charge in [0.1, 0.15) is 17.5 Å². The van der Waals surface area contributed by atoms with Gasteiger partial charge in [-0.15, -0.1) is 0 Å². The molecule has 1 atom stereocenters. The van der Waals surface area contributed by atoms with Crippen LogP contribution in [0, 0.1) is 10.1 Å². The quantitative estimate of drug-likeness (QED) is 0.581. The first-order valence-electron chi connectivity index (χ1n) is 5.90. The molecule has 1 aromatic carbocycles. The van der Waals surface area contributed by atoms with Crippen LogP contribution in [0.25, 0.3) is 0 Å². The van der Waals surface area contributed by atoms with E-state index >= 15 is 0 Å². The van der Waals surface area contributed by atoms with Gasteiger partial charge in [0.15, 0.2) is 0 Å². The van der Waals surface area contributed by atoms with E-state index in [1.807, 2.05) is 0 Å². The maximum absolute atomic E-state index is 11.0. The zero-order chi connectivity index (χ0) is 14.4. The van der Waals surface area contributed by atoms with Gasteiger partial charge in [-0.1, -0.05) is 6.92 Å². The lowest BCUT2D eigenvalue weighted by molar-refractivity contribution is -0.384. The van der Waals surface area contributed by atoms with Gasteiger partial charge in [-0.2, -0.15) is 0 Å². The molecule has 0 radical (unpaired) electrons. The Morgan fingerprint density at radius 2 is 2.21 bits per heavy atom. The van der Waals surface area contributed by atoms with Gasteiger partial charge >= 0.3 is 5.97 Å². The number of nitrogens with one attached hydrogen (secondary N) is 1. The lowest BCUT2D eigenvalue weighted by atomic mass is 10.2. The fourth-order valence-electron chi connectivity index (χ4n) is 1.57. The van der Waals surface area contributed by atoms with Gasteiger partial charge < -0.3 is 15.2 Å². The molecule has 1 unspecified atom stereocenters. The second-order valence-electron chi connectivity index (χ2n) is 3.81. The Kier molecular flexibility index (Phi) is 5.11. The van der Waals surface area contributed by atoms with Crippen LogP contribution in [0.1, 0.15) is 20.3 Å². The molecule has 1 rings (SSSR count). The van der Waals surface area contributed by atoms with Crippen LogP contribution in [0.5, 0.6) is 5.75 Å². The summed E-state index contributed by atoms with van der Waals surface area (Å²) in [6.07, 6.45) is 0.319. The Balaban J connectivity index is 3.05. The standard InChI is InChI=1S/C12H16N2O5/c1-3-9(12(15)16)13-10-6-5-8(19-4-2)7-11(10)14(17)18/h5-7,9,13H,3-4H2,1-2H3,(H,15,16). The van der Waals surface area contributed by atoms with Crippen LogP contribution in [0.3, 0.4) is 0 Å². The van der Waals surface area contributed by atoms with E-state index in [2.05, 4.69) is 5.32 Å². The van der Waals surface area contributed by atoms with E-state index in [4.69, 9.17) is 9.84 Å². The maximum atomic E-state index is 11.0. The molecule has 0 amide bonds. The third-order valence-electron chi connectivity index (χ3n) is 2.51. The Morgan fingerprint density at radius 1 is 1.53 bits per heavy atom. The number of ether oxygens (including phenoxy) is 1. The fourth-order valence-corrected chi connectivity index (χ4v) is 1.57. The van der Waals surface area contributed by atoms with Crippen molar-refractivity contribution in [1.29, 1.82) is 0 Å². The summed E-state index contributed by atoms with van der Waals surface area (Å²) in [6.45, 7) is 3.86. The number of aliphatic carboxylic acids is 1. The van der Waals surface area contributed by atoms with Gasteiger partial charge in [-0.05, 0) is 25.5 Å². The third-order valence-corrected chi connectivity index (χ3v) is 2.51. The lowest BCUT2D eigenvalue weighted by Crippen LogP contribution is -2.28. The van der Waals surface area contributed by atoms with Gasteiger partial charge in [-0.3, -0.25) is 10.1 Å². The number of carbonyl (C=O) groups is 1. The molecule has 7 nitrogen and oxygen atoms in total. The van der Waals surface area contributed by atoms with Crippen LogP contribution in [0.15, 0.2) is 18.2 Å². The largest absolute Gasteiger partial charge is 0.494 e. The summed E-state index contributed by atoms with van der Waals surface area (Å²) >= 11 is 0. The number of carboxylic acid groups (broad SMARTS) is 1. The van der Waals surface area contributed by atoms with Crippen molar-refractivity contribution >= 4 is 17.3 Å². The molecule has 0 spiro atoms. The van der Waals surface area contributed by atoms with Crippen molar-refractivity contribution in [2.45, 2.75) is 26.3 Å². The highest BCUT2D eigenvalue weighted by Gasteiger charge is 2.21. The first kappa shape index (κ1) is 14.7. The monoisotopic (exact) mass is 268 g/mol. The van der Waals surface area contributed by atoms with Crippen LogP contribution >= 0.6 is 0 Å². The van der Waals surface area contributed by atoms with Crippen molar-refractivity contribution in [2.24, 2.45) is 0 Å². The van der Waals surface area contributed by atoms with Crippen LogP contribution in [0.2, 0.25) is 0 Å². The van der Waals surface area contributed by atoms with E-state index in [-0.39, 0.29) is 11.4 Å². The van der Waals surface area contributed by atoms with Gasteiger partial charge in [0.05, 0.1) is 17.6 Å². The highest BCUT2D eigenvalue weighted by atomic mass is 16.6. The number of rotatable bonds is 7. The molecular formula is C12H16N2O5. The summed E-state index contributed by atoms with van der Waals surface area (Å²) in [5.74, 6) is -0.672. The fraction of sp³-hybridized carbons (Fsp3) is 0.417. The number of hydrogen-bond donors (Lipinski definition) is 2. The average Bonchev–Trinajstić information content (AvgIpc) is 2.36. The SMILES string of the molecule is CCOc1ccc(NC(CC)C(=O)O)c([N+](=O)[O-])c1. The number of anilines is 1. The second kappa shape index (κ2) is 6.58. The molecule has 0 saturated carbocycles. The summed E-state index contributed by atoms with van der Waals surface area (Å²) in [5, 5.41) is 22.6. The average molecular weight is 268 g/mol. The van der Waals surface area contributed by atoms with E-state index < -0.39 is 16.9 Å². The van der Waals surface area contributed by atoms with Gasteiger partial charge in [-0.25, -0.2) is 4.79 Å². The Morgan fingerprint density at radius 3 is 2.68 bits per heavy atom. The molecular weight excluding hydrogens is 252 g/mol. The molecule has 0 saturated heterocycles. The summed E-state index contributed by atoms with van der Waals surface area (Å²) in [4.78, 5) is 21.3. The number of nitrogens with zero attached hydrogens (tertiary/aromatic N) is 1. The first-order valence-corrected chi connectivity index (χ1v) is 5.90. The number of hydrogen-bond acceptors (Lipinski definition) is 5.